The van der Waals surface area contributed by atoms with Gasteiger partial charge in [-0.15, -0.1) is 12.4 Å². The number of nitrogens with two attached hydrogens (primary N) is 1. The number of hydrogen-bond acceptors (Lipinski definition) is 4. The molecule has 146 valence electrons. The molecule has 1 aliphatic rings. The Kier molecular flexibility index (Phi) is 6.95. The van der Waals surface area contributed by atoms with Crippen LogP contribution in [0, 0.1) is 11.6 Å². The van der Waals surface area contributed by atoms with Gasteiger partial charge in [0, 0.05) is 6.07 Å². The van der Waals surface area contributed by atoms with Crippen LogP contribution in [0.4, 0.5) is 26.7 Å². The van der Waals surface area contributed by atoms with Crippen LogP contribution >= 0.6 is 12.4 Å². The number of ether oxygens (including phenoxy) is 1. The second kappa shape index (κ2) is 8.17. The summed E-state index contributed by atoms with van der Waals surface area (Å²) in [5, 5.41) is 0. The lowest BCUT2D eigenvalue weighted by molar-refractivity contribution is -0.163. The van der Waals surface area contributed by atoms with Gasteiger partial charge in [-0.1, -0.05) is 6.92 Å². The van der Waals surface area contributed by atoms with Crippen molar-refractivity contribution in [1.82, 2.24) is 4.90 Å². The molecule has 0 spiro atoms. The average Bonchev–Trinajstić information content (AvgIpc) is 2.84. The molecule has 26 heavy (non-hydrogen) atoms. The summed E-state index contributed by atoms with van der Waals surface area (Å²) in [5.41, 5.74) is 4.63. The van der Waals surface area contributed by atoms with Crippen molar-refractivity contribution in [2.24, 2.45) is 5.73 Å². The van der Waals surface area contributed by atoms with E-state index in [2.05, 4.69) is 4.74 Å². The van der Waals surface area contributed by atoms with E-state index in [9.17, 15) is 31.5 Å². The molecule has 1 aromatic rings. The van der Waals surface area contributed by atoms with Gasteiger partial charge in [-0.25, -0.2) is 18.5 Å². The molecule has 1 fully saturated rings. The van der Waals surface area contributed by atoms with Gasteiger partial charge < -0.3 is 10.5 Å². The maximum absolute atomic E-state index is 13.4. The van der Waals surface area contributed by atoms with Gasteiger partial charge in [0.15, 0.2) is 0 Å². The number of rotatable bonds is 4. The van der Waals surface area contributed by atoms with Gasteiger partial charge in [0.25, 0.3) is 0 Å². The van der Waals surface area contributed by atoms with E-state index in [0.29, 0.717) is 23.1 Å². The monoisotopic (exact) mass is 402 g/mol. The van der Waals surface area contributed by atoms with Crippen LogP contribution < -0.4 is 5.73 Å². The molecule has 1 saturated heterocycles. The highest BCUT2D eigenvalue weighted by molar-refractivity contribution is 5.97. The molecule has 0 radical (unpaired) electrons. The van der Waals surface area contributed by atoms with E-state index in [1.54, 1.807) is 6.92 Å². The molecule has 11 heteroatoms. The lowest BCUT2D eigenvalue weighted by atomic mass is 9.90. The van der Waals surface area contributed by atoms with Crippen molar-refractivity contribution in [1.29, 1.82) is 0 Å². The fourth-order valence-corrected chi connectivity index (χ4v) is 2.69. The third-order valence-electron chi connectivity index (χ3n) is 3.91. The minimum Gasteiger partial charge on any atom is -0.447 e. The van der Waals surface area contributed by atoms with E-state index < -0.39 is 53.4 Å². The molecule has 0 aromatic heterocycles. The Labute approximate surface area is 151 Å². The maximum atomic E-state index is 13.4. The number of halogens is 6. The standard InChI is InChI=1S/C15H15F5N2O3.ClH/c1-2-10-6-25-14(24)22(10)13(23)12(21)11(15(18,19)20)7-3-8(16)5-9(17)4-7;/h3-5,10-12H,2,6,21H2,1H3;1H/t10-,11+,12-;/m0./s1. The number of alkyl halides is 3. The molecule has 3 atom stereocenters. The van der Waals surface area contributed by atoms with E-state index in [1.165, 1.54) is 0 Å². The summed E-state index contributed by atoms with van der Waals surface area (Å²) in [6.45, 7) is 1.46. The van der Waals surface area contributed by atoms with Gasteiger partial charge in [-0.2, -0.15) is 13.2 Å². The SMILES string of the molecule is CC[C@H]1COC(=O)N1C(=O)[C@@H](N)[C@@H](c1cc(F)cc(F)c1)C(F)(F)F.Cl. The van der Waals surface area contributed by atoms with Crippen LogP contribution in [0.1, 0.15) is 24.8 Å². The molecule has 0 saturated carbocycles. The molecule has 2 rings (SSSR count). The average molecular weight is 403 g/mol. The van der Waals surface area contributed by atoms with Gasteiger partial charge in [0.05, 0.1) is 6.04 Å². The van der Waals surface area contributed by atoms with E-state index in [0.717, 1.165) is 0 Å². The summed E-state index contributed by atoms with van der Waals surface area (Å²) < 4.78 is 71.6. The second-order valence-electron chi connectivity index (χ2n) is 5.60. The third-order valence-corrected chi connectivity index (χ3v) is 3.91. The second-order valence-corrected chi connectivity index (χ2v) is 5.60. The zero-order valence-electron chi connectivity index (χ0n) is 13.4. The Hall–Kier alpha value is -1.94. The Bertz CT molecular complexity index is 665. The van der Waals surface area contributed by atoms with E-state index >= 15 is 0 Å². The molecular weight excluding hydrogens is 387 g/mol. The summed E-state index contributed by atoms with van der Waals surface area (Å²) in [6.07, 6.45) is -5.91. The third kappa shape index (κ3) is 4.42. The summed E-state index contributed by atoms with van der Waals surface area (Å²) in [7, 11) is 0. The molecular formula is C15H16ClF5N2O3. The van der Waals surface area contributed by atoms with Gasteiger partial charge in [0.2, 0.25) is 5.91 Å². The van der Waals surface area contributed by atoms with Crippen LogP contribution in [0.15, 0.2) is 18.2 Å². The van der Waals surface area contributed by atoms with Crippen molar-refractivity contribution in [3.63, 3.8) is 0 Å². The first-order valence-corrected chi connectivity index (χ1v) is 7.34. The normalized spacial score (nSPS) is 19.6. The van der Waals surface area contributed by atoms with Crippen LogP contribution in [0.25, 0.3) is 0 Å². The first kappa shape index (κ1) is 22.1. The highest BCUT2D eigenvalue weighted by atomic mass is 35.5. The molecule has 2 N–H and O–H groups in total. The van der Waals surface area contributed by atoms with Crippen LogP contribution in [0.3, 0.4) is 0 Å². The summed E-state index contributed by atoms with van der Waals surface area (Å²) in [5.74, 6) is -6.48. The molecule has 1 aromatic carbocycles. The number of carbonyl (C=O) groups is 2. The first-order chi connectivity index (χ1) is 11.6. The van der Waals surface area contributed by atoms with E-state index in [4.69, 9.17) is 5.73 Å². The van der Waals surface area contributed by atoms with E-state index in [-0.39, 0.29) is 25.4 Å². The molecule has 5 nitrogen and oxygen atoms in total. The number of amides is 2. The van der Waals surface area contributed by atoms with E-state index in [1.807, 2.05) is 0 Å². The Morgan fingerprint density at radius 2 is 1.85 bits per heavy atom. The topological polar surface area (TPSA) is 72.6 Å². The highest BCUT2D eigenvalue weighted by Gasteiger charge is 2.50. The molecule has 0 aliphatic carbocycles. The van der Waals surface area contributed by atoms with Gasteiger partial charge in [-0.05, 0) is 24.1 Å². The first-order valence-electron chi connectivity index (χ1n) is 7.34. The number of benzene rings is 1. The predicted molar refractivity (Wildman–Crippen MR) is 82.7 cm³/mol. The molecule has 2 amide bonds. The molecule has 0 unspecified atom stereocenters. The van der Waals surface area contributed by atoms with Gasteiger partial charge in [-0.3, -0.25) is 4.79 Å². The van der Waals surface area contributed by atoms with Crippen LogP contribution in [-0.4, -0.2) is 41.8 Å². The van der Waals surface area contributed by atoms with Gasteiger partial charge in [0.1, 0.15) is 30.2 Å². The lowest BCUT2D eigenvalue weighted by Crippen LogP contribution is -2.53. The molecule has 0 bridgehead atoms. The predicted octanol–water partition coefficient (Wildman–Crippen LogP) is 3.12. The number of carbonyl (C=O) groups excluding carboxylic acids is 2. The number of cyclic esters (lactones) is 1. The Morgan fingerprint density at radius 3 is 2.31 bits per heavy atom. The molecule has 1 heterocycles. The summed E-state index contributed by atoms with van der Waals surface area (Å²) in [4.78, 5) is 24.5. The van der Waals surface area contributed by atoms with Crippen molar-refractivity contribution >= 4 is 24.4 Å². The van der Waals surface area contributed by atoms with Crippen molar-refractivity contribution in [2.45, 2.75) is 37.5 Å². The zero-order valence-corrected chi connectivity index (χ0v) is 14.2. The summed E-state index contributed by atoms with van der Waals surface area (Å²) in [6, 6.07) is -1.71. The van der Waals surface area contributed by atoms with Crippen LogP contribution in [0.5, 0.6) is 0 Å². The number of nitrogens with zero attached hydrogens (tertiary/aromatic N) is 1. The largest absolute Gasteiger partial charge is 0.447 e. The molecule has 1 aliphatic heterocycles. The lowest BCUT2D eigenvalue weighted by Gasteiger charge is -2.29. The Balaban J connectivity index is 0.00000338. The number of imide groups is 1. The fraction of sp³-hybridized carbons (Fsp3) is 0.467. The minimum atomic E-state index is -5.07. The number of hydrogen-bond donors (Lipinski definition) is 1. The van der Waals surface area contributed by atoms with Gasteiger partial charge >= 0.3 is 12.3 Å². The zero-order chi connectivity index (χ0) is 18.9. The summed E-state index contributed by atoms with van der Waals surface area (Å²) >= 11 is 0. The van der Waals surface area contributed by atoms with Crippen LogP contribution in [-0.2, 0) is 9.53 Å². The fourth-order valence-electron chi connectivity index (χ4n) is 2.69. The maximum Gasteiger partial charge on any atom is 0.417 e. The smallest absolute Gasteiger partial charge is 0.417 e. The quantitative estimate of drug-likeness (QED) is 0.785. The van der Waals surface area contributed by atoms with Crippen LogP contribution in [0.2, 0.25) is 0 Å². The minimum absolute atomic E-state index is 0. The van der Waals surface area contributed by atoms with Crippen molar-refractivity contribution < 1.29 is 36.3 Å². The van der Waals surface area contributed by atoms with Crippen molar-refractivity contribution in [3.8, 4) is 0 Å². The highest BCUT2D eigenvalue weighted by Crippen LogP contribution is 2.38. The van der Waals surface area contributed by atoms with Crippen molar-refractivity contribution in [3.05, 3.63) is 35.4 Å². The Morgan fingerprint density at radius 1 is 1.31 bits per heavy atom. The van der Waals surface area contributed by atoms with Crippen molar-refractivity contribution in [2.75, 3.05) is 6.61 Å².